The Morgan fingerprint density at radius 1 is 0.778 bits per heavy atom. The lowest BCUT2D eigenvalue weighted by atomic mass is 10.0. The van der Waals surface area contributed by atoms with Crippen LogP contribution in [-0.4, -0.2) is 16.6 Å². The van der Waals surface area contributed by atoms with Crippen LogP contribution in [0.1, 0.15) is 26.3 Å². The lowest BCUT2D eigenvalue weighted by Gasteiger charge is -2.07. The maximum atomic E-state index is 12.7. The summed E-state index contributed by atoms with van der Waals surface area (Å²) in [6, 6.07) is 23.9. The fraction of sp³-hybridized carbons (Fsp3) is 0.0435. The van der Waals surface area contributed by atoms with Crippen molar-refractivity contribution in [2.24, 2.45) is 0 Å². The van der Waals surface area contributed by atoms with Gasteiger partial charge in [-0.1, -0.05) is 72.8 Å². The number of H-pyrrole nitrogens is 1. The third kappa shape index (κ3) is 3.37. The molecule has 1 aromatic heterocycles. The minimum atomic E-state index is -0.535. The van der Waals surface area contributed by atoms with E-state index in [1.165, 1.54) is 0 Å². The minimum Gasteiger partial charge on any atom is -0.487 e. The third-order valence-electron chi connectivity index (χ3n) is 4.40. The summed E-state index contributed by atoms with van der Waals surface area (Å²) in [6.07, 6.45) is 1.57. The molecule has 1 heterocycles. The van der Waals surface area contributed by atoms with E-state index in [-0.39, 0.29) is 0 Å². The summed E-state index contributed by atoms with van der Waals surface area (Å²) in [7, 11) is 0. The minimum absolute atomic E-state index is 0.351. The predicted molar refractivity (Wildman–Crippen MR) is 104 cm³/mol. The molecule has 0 radical (unpaired) electrons. The van der Waals surface area contributed by atoms with Gasteiger partial charge in [0.15, 0.2) is 0 Å². The second-order valence-corrected chi connectivity index (χ2v) is 6.18. The third-order valence-corrected chi connectivity index (χ3v) is 4.40. The molecule has 3 aromatic carbocycles. The van der Waals surface area contributed by atoms with Crippen molar-refractivity contribution >= 4 is 22.5 Å². The second kappa shape index (κ2) is 7.30. The summed E-state index contributed by atoms with van der Waals surface area (Å²) in [5.41, 5.74) is 2.49. The fourth-order valence-corrected chi connectivity index (χ4v) is 3.01. The van der Waals surface area contributed by atoms with Gasteiger partial charge in [-0.25, -0.2) is 0 Å². The van der Waals surface area contributed by atoms with Crippen molar-refractivity contribution in [3.8, 4) is 5.75 Å². The van der Waals surface area contributed by atoms with Crippen LogP contribution in [0, 0.1) is 0 Å². The first kappa shape index (κ1) is 16.8. The first-order chi connectivity index (χ1) is 13.2. The number of carbonyl (C=O) groups excluding carboxylic acids is 2. The smallest absolute Gasteiger partial charge is 0.235 e. The summed E-state index contributed by atoms with van der Waals surface area (Å²) >= 11 is 0. The van der Waals surface area contributed by atoms with E-state index in [0.29, 0.717) is 34.4 Å². The predicted octanol–water partition coefficient (Wildman–Crippen LogP) is 4.81. The largest absolute Gasteiger partial charge is 0.487 e. The Hall–Kier alpha value is -3.66. The normalized spacial score (nSPS) is 10.7. The number of Topliss-reactive ketones (excluding diaryl/α,β-unsaturated/α-hetero) is 2. The molecular weight excluding hydrogens is 338 g/mol. The Morgan fingerprint density at radius 3 is 2.22 bits per heavy atom. The van der Waals surface area contributed by atoms with Gasteiger partial charge in [-0.15, -0.1) is 0 Å². The topological polar surface area (TPSA) is 59.2 Å². The Bertz CT molecular complexity index is 1100. The summed E-state index contributed by atoms with van der Waals surface area (Å²) in [6.45, 7) is 0.422. The van der Waals surface area contributed by atoms with Gasteiger partial charge < -0.3 is 9.72 Å². The van der Waals surface area contributed by atoms with Crippen LogP contribution >= 0.6 is 0 Å². The number of aromatic nitrogens is 1. The zero-order valence-corrected chi connectivity index (χ0v) is 14.5. The first-order valence-corrected chi connectivity index (χ1v) is 8.65. The fourth-order valence-electron chi connectivity index (χ4n) is 3.01. The van der Waals surface area contributed by atoms with Crippen molar-refractivity contribution in [1.82, 2.24) is 4.98 Å². The van der Waals surface area contributed by atoms with Crippen LogP contribution < -0.4 is 4.74 Å². The number of rotatable bonds is 6. The zero-order valence-electron chi connectivity index (χ0n) is 14.5. The van der Waals surface area contributed by atoms with Gasteiger partial charge in [0.05, 0.1) is 11.1 Å². The molecule has 4 nitrogen and oxygen atoms in total. The van der Waals surface area contributed by atoms with Crippen molar-refractivity contribution in [3.05, 3.63) is 102 Å². The number of nitrogens with one attached hydrogen (secondary N) is 1. The average molecular weight is 355 g/mol. The molecule has 132 valence electrons. The number of ether oxygens (including phenoxy) is 1. The molecule has 0 fully saturated rings. The molecule has 0 bridgehead atoms. The van der Waals surface area contributed by atoms with Crippen LogP contribution in [0.3, 0.4) is 0 Å². The van der Waals surface area contributed by atoms with Gasteiger partial charge in [0.2, 0.25) is 11.6 Å². The molecule has 0 spiro atoms. The first-order valence-electron chi connectivity index (χ1n) is 8.65. The van der Waals surface area contributed by atoms with Gasteiger partial charge in [-0.05, 0) is 11.6 Å². The molecule has 0 aliphatic carbocycles. The van der Waals surface area contributed by atoms with Crippen LogP contribution in [0.25, 0.3) is 10.9 Å². The number of hydrogen-bond acceptors (Lipinski definition) is 3. The number of carbonyl (C=O) groups is 2. The standard InChI is InChI=1S/C23H17NO3/c25-22(17-10-5-2-6-11-17)23(26)19-14-24-21-18(19)12-7-13-20(21)27-15-16-8-3-1-4-9-16/h1-14,24H,15H2. The molecule has 27 heavy (non-hydrogen) atoms. The van der Waals surface area contributed by atoms with Crippen molar-refractivity contribution in [2.45, 2.75) is 6.61 Å². The number of fused-ring (bicyclic) bond motifs is 1. The molecule has 4 rings (SSSR count). The van der Waals surface area contributed by atoms with Gasteiger partial charge >= 0.3 is 0 Å². The highest BCUT2D eigenvalue weighted by Crippen LogP contribution is 2.28. The Morgan fingerprint density at radius 2 is 1.48 bits per heavy atom. The quantitative estimate of drug-likeness (QED) is 0.399. The molecule has 0 aliphatic rings. The number of aromatic amines is 1. The highest BCUT2D eigenvalue weighted by atomic mass is 16.5. The van der Waals surface area contributed by atoms with E-state index < -0.39 is 11.6 Å². The SMILES string of the molecule is O=C(C(=O)c1c[nH]c2c(OCc3ccccc3)cccc12)c1ccccc1. The van der Waals surface area contributed by atoms with Crippen molar-refractivity contribution < 1.29 is 14.3 Å². The Labute approximate surface area is 156 Å². The summed E-state index contributed by atoms with van der Waals surface area (Å²) in [5.74, 6) is -0.415. The number of para-hydroxylation sites is 1. The molecule has 0 amide bonds. The molecule has 4 aromatic rings. The van der Waals surface area contributed by atoms with Gasteiger partial charge in [-0.3, -0.25) is 9.59 Å². The maximum absolute atomic E-state index is 12.7. The van der Waals surface area contributed by atoms with Gasteiger partial charge in [0.25, 0.3) is 0 Å². The van der Waals surface area contributed by atoms with Crippen LogP contribution in [0.4, 0.5) is 0 Å². The van der Waals surface area contributed by atoms with E-state index in [4.69, 9.17) is 4.74 Å². The number of ketones is 2. The van der Waals surface area contributed by atoms with Crippen LogP contribution in [-0.2, 0) is 6.61 Å². The lowest BCUT2D eigenvalue weighted by molar-refractivity contribution is 0.0818. The molecule has 4 heteroatoms. The van der Waals surface area contributed by atoms with Crippen molar-refractivity contribution in [1.29, 1.82) is 0 Å². The van der Waals surface area contributed by atoms with Gasteiger partial charge in [0, 0.05) is 17.1 Å². The highest BCUT2D eigenvalue weighted by Gasteiger charge is 2.22. The van der Waals surface area contributed by atoms with Gasteiger partial charge in [-0.2, -0.15) is 0 Å². The maximum Gasteiger partial charge on any atom is 0.235 e. The average Bonchev–Trinajstić information content (AvgIpc) is 3.17. The summed E-state index contributed by atoms with van der Waals surface area (Å²) in [4.78, 5) is 28.3. The van der Waals surface area contributed by atoms with E-state index in [9.17, 15) is 9.59 Å². The van der Waals surface area contributed by atoms with E-state index in [1.54, 1.807) is 30.5 Å². The van der Waals surface area contributed by atoms with E-state index in [1.807, 2.05) is 54.6 Å². The second-order valence-electron chi connectivity index (χ2n) is 6.18. The van der Waals surface area contributed by atoms with Crippen LogP contribution in [0.15, 0.2) is 85.1 Å². The number of benzene rings is 3. The van der Waals surface area contributed by atoms with Crippen LogP contribution in [0.2, 0.25) is 0 Å². The molecule has 0 saturated carbocycles. The zero-order chi connectivity index (χ0) is 18.6. The number of hydrogen-bond donors (Lipinski definition) is 1. The van der Waals surface area contributed by atoms with E-state index in [0.717, 1.165) is 5.56 Å². The molecule has 0 atom stereocenters. The van der Waals surface area contributed by atoms with Crippen molar-refractivity contribution in [2.75, 3.05) is 0 Å². The highest BCUT2D eigenvalue weighted by molar-refractivity contribution is 6.50. The molecule has 1 N–H and O–H groups in total. The monoisotopic (exact) mass is 355 g/mol. The van der Waals surface area contributed by atoms with Crippen LogP contribution in [0.5, 0.6) is 5.75 Å². The van der Waals surface area contributed by atoms with E-state index >= 15 is 0 Å². The van der Waals surface area contributed by atoms with Crippen molar-refractivity contribution in [3.63, 3.8) is 0 Å². The molecule has 0 aliphatic heterocycles. The molecule has 0 saturated heterocycles. The summed E-state index contributed by atoms with van der Waals surface area (Å²) in [5, 5.41) is 0.676. The Balaban J connectivity index is 1.62. The molecular formula is C23H17NO3. The lowest BCUT2D eigenvalue weighted by Crippen LogP contribution is -2.13. The summed E-state index contributed by atoms with van der Waals surface area (Å²) < 4.78 is 5.92. The Kier molecular flexibility index (Phi) is 4.54. The van der Waals surface area contributed by atoms with E-state index in [2.05, 4.69) is 4.98 Å². The van der Waals surface area contributed by atoms with Gasteiger partial charge in [0.1, 0.15) is 12.4 Å². The molecule has 0 unspecified atom stereocenters.